The second-order valence-electron chi connectivity index (χ2n) is 5.51. The molecule has 102 valence electrons. The van der Waals surface area contributed by atoms with Crippen LogP contribution in [0.4, 0.5) is 0 Å². The molecule has 1 saturated carbocycles. The molecule has 3 nitrogen and oxygen atoms in total. The van der Waals surface area contributed by atoms with Gasteiger partial charge >= 0.3 is 0 Å². The van der Waals surface area contributed by atoms with Crippen molar-refractivity contribution in [3.05, 3.63) is 34.8 Å². The first-order chi connectivity index (χ1) is 9.25. The molecular weight excluding hydrogens is 304 g/mol. The summed E-state index contributed by atoms with van der Waals surface area (Å²) in [6.07, 6.45) is 10.5. The minimum Gasteiger partial charge on any atom is -0.387 e. The van der Waals surface area contributed by atoms with Gasteiger partial charge in [0.2, 0.25) is 0 Å². The van der Waals surface area contributed by atoms with E-state index in [4.69, 9.17) is 0 Å². The van der Waals surface area contributed by atoms with Crippen LogP contribution in [-0.4, -0.2) is 14.5 Å². The van der Waals surface area contributed by atoms with E-state index in [1.165, 1.54) is 32.1 Å². The van der Waals surface area contributed by atoms with Gasteiger partial charge in [-0.1, -0.05) is 32.1 Å². The van der Waals surface area contributed by atoms with Crippen molar-refractivity contribution in [2.24, 2.45) is 5.92 Å². The molecule has 2 heterocycles. The maximum atomic E-state index is 10.6. The minimum absolute atomic E-state index is 0.421. The fourth-order valence-corrected chi connectivity index (χ4v) is 3.75. The first-order valence-corrected chi connectivity index (χ1v) is 7.83. The number of rotatable bonds is 3. The second kappa shape index (κ2) is 5.63. The van der Waals surface area contributed by atoms with Crippen LogP contribution < -0.4 is 0 Å². The summed E-state index contributed by atoms with van der Waals surface area (Å²) < 4.78 is 2.94. The van der Waals surface area contributed by atoms with Gasteiger partial charge in [0.15, 0.2) is 0 Å². The third kappa shape index (κ3) is 2.70. The Kier molecular flexibility index (Phi) is 3.89. The van der Waals surface area contributed by atoms with E-state index in [9.17, 15) is 5.11 Å². The van der Waals surface area contributed by atoms with Crippen molar-refractivity contribution in [3.8, 4) is 0 Å². The predicted molar refractivity (Wildman–Crippen MR) is 79.0 cm³/mol. The average Bonchev–Trinajstić information content (AvgIpc) is 2.87. The highest BCUT2D eigenvalue weighted by Crippen LogP contribution is 2.34. The van der Waals surface area contributed by atoms with Crippen molar-refractivity contribution in [1.82, 2.24) is 9.38 Å². The van der Waals surface area contributed by atoms with Gasteiger partial charge in [-0.05, 0) is 40.4 Å². The van der Waals surface area contributed by atoms with Gasteiger partial charge in [-0.3, -0.25) is 4.40 Å². The van der Waals surface area contributed by atoms with E-state index in [1.54, 1.807) is 6.33 Å². The Morgan fingerprint density at radius 2 is 2.11 bits per heavy atom. The molecule has 1 aliphatic rings. The highest BCUT2D eigenvalue weighted by Gasteiger charge is 2.21. The molecule has 1 N–H and O–H groups in total. The zero-order valence-electron chi connectivity index (χ0n) is 10.9. The highest BCUT2D eigenvalue weighted by molar-refractivity contribution is 9.10. The number of hydrogen-bond acceptors (Lipinski definition) is 2. The Morgan fingerprint density at radius 3 is 2.89 bits per heavy atom. The number of aromatic nitrogens is 2. The molecule has 0 radical (unpaired) electrons. The highest BCUT2D eigenvalue weighted by atomic mass is 79.9. The number of fused-ring (bicyclic) bond motifs is 1. The largest absolute Gasteiger partial charge is 0.387 e. The van der Waals surface area contributed by atoms with E-state index in [1.807, 2.05) is 22.7 Å². The Balaban J connectivity index is 1.85. The maximum absolute atomic E-state index is 10.6. The summed E-state index contributed by atoms with van der Waals surface area (Å²) >= 11 is 3.56. The van der Waals surface area contributed by atoms with Gasteiger partial charge in [-0.15, -0.1) is 0 Å². The van der Waals surface area contributed by atoms with Crippen molar-refractivity contribution >= 4 is 21.4 Å². The smallest absolute Gasteiger partial charge is 0.0995 e. The summed E-state index contributed by atoms with van der Waals surface area (Å²) in [7, 11) is 0. The number of nitrogens with zero attached hydrogens (tertiary/aromatic N) is 2. The standard InChI is InChI=1S/C15H19BrN2O/c16-13-7-6-12-9-17-10-18(12)15(13)14(19)8-11-4-2-1-3-5-11/h6-7,9-11,14,19H,1-5,8H2/t14-/m1/s1. The van der Waals surface area contributed by atoms with Gasteiger partial charge in [-0.25, -0.2) is 4.98 Å². The van der Waals surface area contributed by atoms with Crippen molar-refractivity contribution in [2.45, 2.75) is 44.6 Å². The SMILES string of the molecule is O[C@H](CC1CCCCC1)c1c(Br)ccc2cncn12. The molecule has 0 aliphatic heterocycles. The van der Waals surface area contributed by atoms with E-state index < -0.39 is 6.10 Å². The molecule has 1 aliphatic carbocycles. The minimum atomic E-state index is -0.421. The number of pyridine rings is 1. The summed E-state index contributed by atoms with van der Waals surface area (Å²) in [5.74, 6) is 0.662. The van der Waals surface area contributed by atoms with Gasteiger partial charge in [0.25, 0.3) is 0 Å². The molecule has 0 amide bonds. The van der Waals surface area contributed by atoms with Crippen LogP contribution >= 0.6 is 15.9 Å². The van der Waals surface area contributed by atoms with Crippen molar-refractivity contribution in [1.29, 1.82) is 0 Å². The first-order valence-electron chi connectivity index (χ1n) is 7.04. The number of hydrogen-bond donors (Lipinski definition) is 1. The topological polar surface area (TPSA) is 37.5 Å². The van der Waals surface area contributed by atoms with Gasteiger partial charge in [0, 0.05) is 4.47 Å². The van der Waals surface area contributed by atoms with E-state index in [0.29, 0.717) is 5.92 Å². The van der Waals surface area contributed by atoms with Crippen LogP contribution in [0.1, 0.15) is 50.3 Å². The molecule has 0 aromatic carbocycles. The fraction of sp³-hybridized carbons (Fsp3) is 0.533. The zero-order valence-corrected chi connectivity index (χ0v) is 12.5. The van der Waals surface area contributed by atoms with E-state index in [0.717, 1.165) is 22.1 Å². The average molecular weight is 323 g/mol. The van der Waals surface area contributed by atoms with Crippen LogP contribution in [0.15, 0.2) is 29.1 Å². The molecule has 0 bridgehead atoms. The lowest BCUT2D eigenvalue weighted by atomic mass is 9.85. The maximum Gasteiger partial charge on any atom is 0.0995 e. The summed E-state index contributed by atoms with van der Waals surface area (Å²) in [6, 6.07) is 4.00. The van der Waals surface area contributed by atoms with E-state index >= 15 is 0 Å². The van der Waals surface area contributed by atoms with Gasteiger partial charge in [0.05, 0.1) is 29.8 Å². The molecule has 1 atom stereocenters. The summed E-state index contributed by atoms with van der Waals surface area (Å²) in [5.41, 5.74) is 1.96. The van der Waals surface area contributed by atoms with E-state index in [2.05, 4.69) is 20.9 Å². The van der Waals surface area contributed by atoms with Gasteiger partial charge < -0.3 is 5.11 Å². The second-order valence-corrected chi connectivity index (χ2v) is 6.36. The fourth-order valence-electron chi connectivity index (χ4n) is 3.16. The molecule has 2 aromatic rings. The molecule has 0 saturated heterocycles. The Morgan fingerprint density at radius 1 is 1.32 bits per heavy atom. The number of halogens is 1. The zero-order chi connectivity index (χ0) is 13.2. The molecule has 1 fully saturated rings. The van der Waals surface area contributed by atoms with Crippen LogP contribution in [0, 0.1) is 5.92 Å². The molecule has 3 rings (SSSR count). The van der Waals surface area contributed by atoms with Crippen LogP contribution in [0.2, 0.25) is 0 Å². The van der Waals surface area contributed by atoms with Crippen LogP contribution in [0.25, 0.3) is 5.52 Å². The quantitative estimate of drug-likeness (QED) is 0.923. The first kappa shape index (κ1) is 13.1. The summed E-state index contributed by atoms with van der Waals surface area (Å²) in [4.78, 5) is 4.16. The van der Waals surface area contributed by atoms with E-state index in [-0.39, 0.29) is 0 Å². The predicted octanol–water partition coefficient (Wildman–Crippen LogP) is 4.10. The Bertz CT molecular complexity index is 560. The lowest BCUT2D eigenvalue weighted by molar-refractivity contribution is 0.125. The number of aliphatic hydroxyl groups is 1. The summed E-state index contributed by atoms with van der Waals surface area (Å²) in [6.45, 7) is 0. The monoisotopic (exact) mass is 322 g/mol. The Labute approximate surface area is 121 Å². The van der Waals surface area contributed by atoms with Crippen molar-refractivity contribution in [2.75, 3.05) is 0 Å². The molecule has 19 heavy (non-hydrogen) atoms. The lowest BCUT2D eigenvalue weighted by Crippen LogP contribution is -2.13. The normalized spacial score (nSPS) is 18.8. The van der Waals surface area contributed by atoms with Crippen LogP contribution in [-0.2, 0) is 0 Å². The number of aliphatic hydroxyl groups excluding tert-OH is 1. The molecule has 0 spiro atoms. The van der Waals surface area contributed by atoms with Gasteiger partial charge in [0.1, 0.15) is 0 Å². The molecule has 4 heteroatoms. The van der Waals surface area contributed by atoms with Crippen molar-refractivity contribution in [3.63, 3.8) is 0 Å². The van der Waals surface area contributed by atoms with Crippen LogP contribution in [0.5, 0.6) is 0 Å². The summed E-state index contributed by atoms with van der Waals surface area (Å²) in [5, 5.41) is 10.6. The third-order valence-corrected chi connectivity index (χ3v) is 4.84. The van der Waals surface area contributed by atoms with Crippen LogP contribution in [0.3, 0.4) is 0 Å². The lowest BCUT2D eigenvalue weighted by Gasteiger charge is -2.25. The number of imidazole rings is 1. The van der Waals surface area contributed by atoms with Gasteiger partial charge in [-0.2, -0.15) is 0 Å². The molecular formula is C15H19BrN2O. The van der Waals surface area contributed by atoms with Crippen molar-refractivity contribution < 1.29 is 5.11 Å². The Hall–Kier alpha value is -0.870. The third-order valence-electron chi connectivity index (χ3n) is 4.17. The molecule has 0 unspecified atom stereocenters. The molecule has 2 aromatic heterocycles.